The number of alkyl halides is 3. The number of nitrogens with zero attached hydrogens (tertiary/aromatic N) is 1. The lowest BCUT2D eigenvalue weighted by Crippen LogP contribution is -2.29. The third-order valence-electron chi connectivity index (χ3n) is 3.59. The van der Waals surface area contributed by atoms with Crippen LogP contribution in [0.4, 0.5) is 18.9 Å². The highest BCUT2D eigenvalue weighted by molar-refractivity contribution is 6.34. The summed E-state index contributed by atoms with van der Waals surface area (Å²) in [5.74, 6) is -1.23. The van der Waals surface area contributed by atoms with Crippen molar-refractivity contribution in [1.29, 1.82) is 0 Å². The molecule has 118 valence electrons. The van der Waals surface area contributed by atoms with Crippen molar-refractivity contribution >= 4 is 17.5 Å². The molecule has 0 fully saturated rings. The molecule has 0 aromatic heterocycles. The molecule has 1 N–H and O–H groups in total. The van der Waals surface area contributed by atoms with E-state index >= 15 is 0 Å². The molecule has 3 rings (SSSR count). The smallest absolute Gasteiger partial charge is 0.392 e. The standard InChI is InChI=1S/C16H10F3NO3/c17-16(18,19)10-2-4-11(5-3-10)20-14(22)12-6-1-9(8-21)7-13(12)15(20)23/h1-7,21H,8H2. The number of rotatable bonds is 2. The van der Waals surface area contributed by atoms with Gasteiger partial charge < -0.3 is 5.11 Å². The van der Waals surface area contributed by atoms with Crippen LogP contribution in [0.5, 0.6) is 0 Å². The molecule has 0 atom stereocenters. The first-order valence-corrected chi connectivity index (χ1v) is 6.63. The number of aliphatic hydroxyl groups is 1. The molecular weight excluding hydrogens is 311 g/mol. The Morgan fingerprint density at radius 1 is 0.913 bits per heavy atom. The third kappa shape index (κ3) is 2.49. The van der Waals surface area contributed by atoms with Gasteiger partial charge in [0, 0.05) is 0 Å². The molecule has 0 bridgehead atoms. The molecule has 0 spiro atoms. The lowest BCUT2D eigenvalue weighted by Gasteiger charge is -2.15. The Labute approximate surface area is 128 Å². The van der Waals surface area contributed by atoms with Gasteiger partial charge in [0.05, 0.1) is 29.0 Å². The van der Waals surface area contributed by atoms with Crippen molar-refractivity contribution < 1.29 is 27.9 Å². The lowest BCUT2D eigenvalue weighted by atomic mass is 10.1. The fourth-order valence-corrected chi connectivity index (χ4v) is 2.42. The van der Waals surface area contributed by atoms with E-state index in [0.717, 1.165) is 29.2 Å². The van der Waals surface area contributed by atoms with Crippen molar-refractivity contribution in [3.05, 3.63) is 64.7 Å². The number of amides is 2. The van der Waals surface area contributed by atoms with Crippen LogP contribution in [-0.4, -0.2) is 16.9 Å². The summed E-state index contributed by atoms with van der Waals surface area (Å²) in [6, 6.07) is 8.14. The first-order chi connectivity index (χ1) is 10.8. The minimum absolute atomic E-state index is 0.0646. The second-order valence-corrected chi connectivity index (χ2v) is 5.03. The molecule has 0 aliphatic carbocycles. The molecule has 0 radical (unpaired) electrons. The predicted octanol–water partition coefficient (Wildman–Crippen LogP) is 3.00. The number of halogens is 3. The average Bonchev–Trinajstić information content (AvgIpc) is 2.77. The van der Waals surface area contributed by atoms with E-state index in [1.165, 1.54) is 18.2 Å². The summed E-state index contributed by atoms with van der Waals surface area (Å²) in [4.78, 5) is 25.5. The van der Waals surface area contributed by atoms with Crippen LogP contribution in [0.3, 0.4) is 0 Å². The summed E-state index contributed by atoms with van der Waals surface area (Å²) in [5.41, 5.74) is -0.0390. The molecule has 0 saturated heterocycles. The van der Waals surface area contributed by atoms with Gasteiger partial charge in [-0.25, -0.2) is 4.90 Å². The van der Waals surface area contributed by atoms with Crippen molar-refractivity contribution in [2.24, 2.45) is 0 Å². The highest BCUT2D eigenvalue weighted by Crippen LogP contribution is 2.33. The van der Waals surface area contributed by atoms with Gasteiger partial charge in [0.15, 0.2) is 0 Å². The summed E-state index contributed by atoms with van der Waals surface area (Å²) in [6.07, 6.45) is -4.49. The lowest BCUT2D eigenvalue weighted by molar-refractivity contribution is -0.137. The van der Waals surface area contributed by atoms with Gasteiger partial charge >= 0.3 is 6.18 Å². The molecule has 0 saturated carbocycles. The van der Waals surface area contributed by atoms with Crippen LogP contribution in [0, 0.1) is 0 Å². The molecule has 2 aromatic carbocycles. The number of benzene rings is 2. The minimum atomic E-state index is -4.49. The van der Waals surface area contributed by atoms with Gasteiger partial charge in [0.1, 0.15) is 0 Å². The molecule has 1 aliphatic rings. The van der Waals surface area contributed by atoms with E-state index in [4.69, 9.17) is 5.11 Å². The molecule has 2 aromatic rings. The highest BCUT2D eigenvalue weighted by Gasteiger charge is 2.37. The number of imide groups is 1. The number of carbonyl (C=O) groups is 2. The van der Waals surface area contributed by atoms with Gasteiger partial charge in [-0.1, -0.05) is 6.07 Å². The normalized spacial score (nSPS) is 14.3. The number of fused-ring (bicyclic) bond motifs is 1. The van der Waals surface area contributed by atoms with Crippen molar-refractivity contribution in [3.63, 3.8) is 0 Å². The van der Waals surface area contributed by atoms with Gasteiger partial charge in [0.25, 0.3) is 11.8 Å². The van der Waals surface area contributed by atoms with Crippen LogP contribution < -0.4 is 4.90 Å². The molecule has 1 aliphatic heterocycles. The second-order valence-electron chi connectivity index (χ2n) is 5.03. The topological polar surface area (TPSA) is 57.6 Å². The van der Waals surface area contributed by atoms with Crippen molar-refractivity contribution in [2.75, 3.05) is 4.90 Å². The summed E-state index contributed by atoms with van der Waals surface area (Å²) < 4.78 is 37.7. The van der Waals surface area contributed by atoms with Crippen LogP contribution >= 0.6 is 0 Å². The Bertz CT molecular complexity index is 797. The van der Waals surface area contributed by atoms with Crippen LogP contribution in [0.25, 0.3) is 0 Å². The van der Waals surface area contributed by atoms with E-state index in [1.807, 2.05) is 0 Å². The number of anilines is 1. The van der Waals surface area contributed by atoms with Gasteiger partial charge in [-0.2, -0.15) is 13.2 Å². The molecule has 23 heavy (non-hydrogen) atoms. The van der Waals surface area contributed by atoms with Crippen LogP contribution in [0.15, 0.2) is 42.5 Å². The Morgan fingerprint density at radius 2 is 1.52 bits per heavy atom. The van der Waals surface area contributed by atoms with E-state index in [2.05, 4.69) is 0 Å². The molecular formula is C16H10F3NO3. The maximum atomic E-state index is 12.6. The van der Waals surface area contributed by atoms with Gasteiger partial charge in [-0.15, -0.1) is 0 Å². The monoisotopic (exact) mass is 321 g/mol. The van der Waals surface area contributed by atoms with E-state index in [9.17, 15) is 22.8 Å². The maximum absolute atomic E-state index is 12.6. The van der Waals surface area contributed by atoms with Crippen LogP contribution in [-0.2, 0) is 12.8 Å². The summed E-state index contributed by atoms with van der Waals surface area (Å²) >= 11 is 0. The highest BCUT2D eigenvalue weighted by atomic mass is 19.4. The molecule has 1 heterocycles. The third-order valence-corrected chi connectivity index (χ3v) is 3.59. The van der Waals surface area contributed by atoms with Crippen molar-refractivity contribution in [1.82, 2.24) is 0 Å². The fraction of sp³-hybridized carbons (Fsp3) is 0.125. The molecule has 4 nitrogen and oxygen atoms in total. The Balaban J connectivity index is 1.99. The van der Waals surface area contributed by atoms with Crippen LogP contribution in [0.2, 0.25) is 0 Å². The van der Waals surface area contributed by atoms with E-state index in [-0.39, 0.29) is 23.4 Å². The van der Waals surface area contributed by atoms with Gasteiger partial charge in [-0.05, 0) is 42.0 Å². The van der Waals surface area contributed by atoms with E-state index in [0.29, 0.717) is 5.56 Å². The number of carbonyl (C=O) groups excluding carboxylic acids is 2. The first-order valence-electron chi connectivity index (χ1n) is 6.63. The fourth-order valence-electron chi connectivity index (χ4n) is 2.42. The number of hydrogen-bond donors (Lipinski definition) is 1. The maximum Gasteiger partial charge on any atom is 0.416 e. The quantitative estimate of drug-likeness (QED) is 0.865. The zero-order valence-corrected chi connectivity index (χ0v) is 11.6. The number of hydrogen-bond acceptors (Lipinski definition) is 3. The zero-order chi connectivity index (χ0) is 16.8. The summed E-state index contributed by atoms with van der Waals surface area (Å²) in [7, 11) is 0. The average molecular weight is 321 g/mol. The predicted molar refractivity (Wildman–Crippen MR) is 74.9 cm³/mol. The Morgan fingerprint density at radius 3 is 2.09 bits per heavy atom. The summed E-state index contributed by atoms with van der Waals surface area (Å²) in [6.45, 7) is -0.283. The van der Waals surface area contributed by atoms with Gasteiger partial charge in [-0.3, -0.25) is 9.59 Å². The number of aliphatic hydroxyl groups excluding tert-OH is 1. The second kappa shape index (κ2) is 5.20. The van der Waals surface area contributed by atoms with Crippen molar-refractivity contribution in [2.45, 2.75) is 12.8 Å². The largest absolute Gasteiger partial charge is 0.416 e. The SMILES string of the molecule is O=C1c2ccc(CO)cc2C(=O)N1c1ccc(C(F)(F)F)cc1. The van der Waals surface area contributed by atoms with E-state index < -0.39 is 23.6 Å². The van der Waals surface area contributed by atoms with Crippen LogP contribution in [0.1, 0.15) is 31.8 Å². The molecule has 0 unspecified atom stereocenters. The summed E-state index contributed by atoms with van der Waals surface area (Å²) in [5, 5.41) is 9.09. The Hall–Kier alpha value is -2.67. The van der Waals surface area contributed by atoms with Crippen molar-refractivity contribution in [3.8, 4) is 0 Å². The molecule has 7 heteroatoms. The minimum Gasteiger partial charge on any atom is -0.392 e. The Kier molecular flexibility index (Phi) is 3.45. The molecule has 2 amide bonds. The zero-order valence-electron chi connectivity index (χ0n) is 11.6. The first kappa shape index (κ1) is 15.2. The van der Waals surface area contributed by atoms with Gasteiger partial charge in [0.2, 0.25) is 0 Å². The van der Waals surface area contributed by atoms with E-state index in [1.54, 1.807) is 0 Å².